The predicted octanol–water partition coefficient (Wildman–Crippen LogP) is 1.83. The maximum Gasteiger partial charge on any atom is 0.348 e. The Morgan fingerprint density at radius 3 is 2.17 bits per heavy atom. The van der Waals surface area contributed by atoms with Crippen LogP contribution in [-0.2, 0) is 19.1 Å². The van der Waals surface area contributed by atoms with Gasteiger partial charge >= 0.3 is 17.6 Å². The van der Waals surface area contributed by atoms with Crippen LogP contribution >= 0.6 is 0 Å². The standard InChI is InChI=1S/C15H15NO8/c1-15(2)23-13(17)9(14(18)24-15)5-8-6-10(16(19)20)12(22-4)11(7-8)21-3/h5-7H,1-4H3. The average Bonchev–Trinajstić information content (AvgIpc) is 2.48. The number of methoxy groups -OCH3 is 2. The van der Waals surface area contributed by atoms with Gasteiger partial charge < -0.3 is 18.9 Å². The fourth-order valence-electron chi connectivity index (χ4n) is 2.13. The van der Waals surface area contributed by atoms with Gasteiger partial charge in [0, 0.05) is 19.9 Å². The van der Waals surface area contributed by atoms with Crippen molar-refractivity contribution in [3.8, 4) is 11.5 Å². The molecule has 0 spiro atoms. The third kappa shape index (κ3) is 3.29. The molecular formula is C15H15NO8. The highest BCUT2D eigenvalue weighted by Crippen LogP contribution is 2.38. The van der Waals surface area contributed by atoms with E-state index >= 15 is 0 Å². The summed E-state index contributed by atoms with van der Waals surface area (Å²) in [5.41, 5.74) is -0.569. The maximum absolute atomic E-state index is 11.9. The van der Waals surface area contributed by atoms with Crippen molar-refractivity contribution in [3.05, 3.63) is 33.4 Å². The minimum Gasteiger partial charge on any atom is -0.493 e. The van der Waals surface area contributed by atoms with Gasteiger partial charge in [-0.25, -0.2) is 9.59 Å². The van der Waals surface area contributed by atoms with Gasteiger partial charge in [-0.1, -0.05) is 0 Å². The van der Waals surface area contributed by atoms with Crippen LogP contribution in [0.4, 0.5) is 5.69 Å². The molecule has 0 saturated carbocycles. The molecular weight excluding hydrogens is 322 g/mol. The van der Waals surface area contributed by atoms with E-state index in [1.807, 2.05) is 0 Å². The molecule has 1 aliphatic rings. The quantitative estimate of drug-likeness (QED) is 0.269. The highest BCUT2D eigenvalue weighted by atomic mass is 16.7. The number of benzene rings is 1. The van der Waals surface area contributed by atoms with E-state index in [2.05, 4.69) is 0 Å². The van der Waals surface area contributed by atoms with E-state index in [0.717, 1.165) is 12.1 Å². The summed E-state index contributed by atoms with van der Waals surface area (Å²) in [6.45, 7) is 2.83. The van der Waals surface area contributed by atoms with Gasteiger partial charge in [0.15, 0.2) is 5.75 Å². The van der Waals surface area contributed by atoms with Crippen LogP contribution in [-0.4, -0.2) is 36.9 Å². The number of nitro benzene ring substituents is 1. The Labute approximate surface area is 136 Å². The lowest BCUT2D eigenvalue weighted by Crippen LogP contribution is -2.41. The molecule has 1 aromatic rings. The molecule has 0 radical (unpaired) electrons. The second kappa shape index (κ2) is 6.19. The van der Waals surface area contributed by atoms with Gasteiger partial charge in [0.2, 0.25) is 5.75 Å². The van der Waals surface area contributed by atoms with E-state index in [4.69, 9.17) is 18.9 Å². The van der Waals surface area contributed by atoms with Crippen molar-refractivity contribution in [2.45, 2.75) is 19.6 Å². The predicted molar refractivity (Wildman–Crippen MR) is 80.4 cm³/mol. The zero-order valence-corrected chi connectivity index (χ0v) is 13.4. The van der Waals surface area contributed by atoms with Crippen LogP contribution in [0.15, 0.2) is 17.7 Å². The van der Waals surface area contributed by atoms with Gasteiger partial charge in [-0.2, -0.15) is 0 Å². The summed E-state index contributed by atoms with van der Waals surface area (Å²) in [5, 5.41) is 11.2. The molecule has 0 aromatic heterocycles. The maximum atomic E-state index is 11.9. The smallest absolute Gasteiger partial charge is 0.348 e. The number of hydrogen-bond acceptors (Lipinski definition) is 8. The Bertz CT molecular complexity index is 728. The lowest BCUT2D eigenvalue weighted by atomic mass is 10.1. The Balaban J connectivity index is 2.53. The molecule has 24 heavy (non-hydrogen) atoms. The molecule has 1 heterocycles. The number of carbonyl (C=O) groups excluding carboxylic acids is 2. The van der Waals surface area contributed by atoms with Crippen LogP contribution in [0.1, 0.15) is 19.4 Å². The molecule has 128 valence electrons. The van der Waals surface area contributed by atoms with E-state index in [1.54, 1.807) is 0 Å². The first kappa shape index (κ1) is 17.3. The van der Waals surface area contributed by atoms with E-state index in [1.165, 1.54) is 34.1 Å². The topological polar surface area (TPSA) is 114 Å². The zero-order valence-electron chi connectivity index (χ0n) is 13.4. The lowest BCUT2D eigenvalue weighted by molar-refractivity contribution is -0.385. The Kier molecular flexibility index (Phi) is 4.45. The summed E-state index contributed by atoms with van der Waals surface area (Å²) in [6, 6.07) is 2.54. The number of hydrogen-bond donors (Lipinski definition) is 0. The summed E-state index contributed by atoms with van der Waals surface area (Å²) in [4.78, 5) is 34.4. The molecule has 1 fully saturated rings. The van der Waals surface area contributed by atoms with Gasteiger partial charge in [-0.3, -0.25) is 10.1 Å². The minimum atomic E-state index is -1.37. The zero-order chi connectivity index (χ0) is 18.1. The summed E-state index contributed by atoms with van der Waals surface area (Å²) in [7, 11) is 2.57. The number of nitrogens with zero attached hydrogens (tertiary/aromatic N) is 1. The van der Waals surface area contributed by atoms with Crippen molar-refractivity contribution in [2.24, 2.45) is 0 Å². The number of esters is 2. The molecule has 0 unspecified atom stereocenters. The van der Waals surface area contributed by atoms with Crippen molar-refractivity contribution in [2.75, 3.05) is 14.2 Å². The van der Waals surface area contributed by atoms with Crippen LogP contribution in [0.3, 0.4) is 0 Å². The van der Waals surface area contributed by atoms with Gasteiger partial charge in [-0.15, -0.1) is 0 Å². The minimum absolute atomic E-state index is 0.0698. The highest BCUT2D eigenvalue weighted by Gasteiger charge is 2.39. The number of ether oxygens (including phenoxy) is 4. The first-order chi connectivity index (χ1) is 11.2. The molecule has 1 aliphatic heterocycles. The summed E-state index contributed by atoms with van der Waals surface area (Å²) in [5.74, 6) is -3.12. The van der Waals surface area contributed by atoms with Crippen LogP contribution in [0.25, 0.3) is 6.08 Å². The normalized spacial score (nSPS) is 16.1. The van der Waals surface area contributed by atoms with E-state index in [0.29, 0.717) is 0 Å². The summed E-state index contributed by atoms with van der Waals surface area (Å²) < 4.78 is 20.0. The van der Waals surface area contributed by atoms with Gasteiger partial charge in [0.1, 0.15) is 5.57 Å². The van der Waals surface area contributed by atoms with Crippen LogP contribution < -0.4 is 9.47 Å². The van der Waals surface area contributed by atoms with Crippen LogP contribution in [0.5, 0.6) is 11.5 Å². The van der Waals surface area contributed by atoms with Crippen LogP contribution in [0, 0.1) is 10.1 Å². The largest absolute Gasteiger partial charge is 0.493 e. The lowest BCUT2D eigenvalue weighted by Gasteiger charge is -2.29. The molecule has 2 rings (SSSR count). The molecule has 0 amide bonds. The number of cyclic esters (lactones) is 2. The van der Waals surface area contributed by atoms with E-state index < -0.39 is 22.6 Å². The molecule has 0 N–H and O–H groups in total. The summed E-state index contributed by atoms with van der Waals surface area (Å²) in [6.07, 6.45) is 1.13. The monoisotopic (exact) mass is 337 g/mol. The van der Waals surface area contributed by atoms with E-state index in [9.17, 15) is 19.7 Å². The Morgan fingerprint density at radius 1 is 1.12 bits per heavy atom. The van der Waals surface area contributed by atoms with Crippen molar-refractivity contribution in [3.63, 3.8) is 0 Å². The van der Waals surface area contributed by atoms with Crippen molar-refractivity contribution in [1.29, 1.82) is 0 Å². The third-order valence-electron chi connectivity index (χ3n) is 3.11. The SMILES string of the molecule is COc1cc(C=C2C(=O)OC(C)(C)OC2=O)cc([N+](=O)[O-])c1OC. The van der Waals surface area contributed by atoms with Crippen molar-refractivity contribution in [1.82, 2.24) is 0 Å². The molecule has 0 atom stereocenters. The average molecular weight is 337 g/mol. The number of rotatable bonds is 4. The van der Waals surface area contributed by atoms with Crippen molar-refractivity contribution < 1.29 is 33.5 Å². The fourth-order valence-corrected chi connectivity index (χ4v) is 2.13. The molecule has 9 nitrogen and oxygen atoms in total. The molecule has 0 bridgehead atoms. The first-order valence-corrected chi connectivity index (χ1v) is 6.77. The summed E-state index contributed by atoms with van der Waals surface area (Å²) >= 11 is 0. The van der Waals surface area contributed by atoms with Crippen LogP contribution in [0.2, 0.25) is 0 Å². The van der Waals surface area contributed by atoms with Gasteiger partial charge in [0.05, 0.1) is 19.1 Å². The third-order valence-corrected chi connectivity index (χ3v) is 3.11. The number of nitro groups is 1. The molecule has 0 aliphatic carbocycles. The second-order valence-corrected chi connectivity index (χ2v) is 5.27. The fraction of sp³-hybridized carbons (Fsp3) is 0.333. The van der Waals surface area contributed by atoms with Gasteiger partial charge in [-0.05, 0) is 17.7 Å². The number of carbonyl (C=O) groups is 2. The molecule has 1 aromatic carbocycles. The van der Waals surface area contributed by atoms with Crippen molar-refractivity contribution >= 4 is 23.7 Å². The molecule has 1 saturated heterocycles. The highest BCUT2D eigenvalue weighted by molar-refractivity contribution is 6.18. The second-order valence-electron chi connectivity index (χ2n) is 5.27. The molecule has 9 heteroatoms. The Morgan fingerprint density at radius 2 is 1.71 bits per heavy atom. The van der Waals surface area contributed by atoms with E-state index in [-0.39, 0.29) is 28.3 Å². The van der Waals surface area contributed by atoms with Gasteiger partial charge in [0.25, 0.3) is 5.79 Å². The Hall–Kier alpha value is -3.10. The first-order valence-electron chi connectivity index (χ1n) is 6.77.